The van der Waals surface area contributed by atoms with Crippen molar-refractivity contribution < 1.29 is 0 Å². The predicted octanol–water partition coefficient (Wildman–Crippen LogP) is 4.07. The largest absolute Gasteiger partial charge is 0.0840 e. The second-order valence-corrected chi connectivity index (χ2v) is 7.86. The first kappa shape index (κ1) is 8.55. The Morgan fingerprint density at radius 3 is 2.00 bits per heavy atom. The molecule has 0 N–H and O–H groups in total. The Bertz CT molecular complexity index is 148. The molecule has 2 heteroatoms. The van der Waals surface area contributed by atoms with E-state index in [-0.39, 0.29) is 0 Å². The van der Waals surface area contributed by atoms with Crippen molar-refractivity contribution in [1.82, 2.24) is 0 Å². The quantitative estimate of drug-likeness (QED) is 0.636. The Morgan fingerprint density at radius 1 is 1.00 bits per heavy atom. The van der Waals surface area contributed by atoms with Gasteiger partial charge in [-0.25, -0.2) is 0 Å². The molecule has 0 aromatic carbocycles. The van der Waals surface area contributed by atoms with Crippen molar-refractivity contribution in [2.75, 3.05) is 0 Å². The monoisotopic (exact) mass is 280 g/mol. The number of halogens is 2. The van der Waals surface area contributed by atoms with Crippen molar-refractivity contribution in [3.05, 3.63) is 0 Å². The van der Waals surface area contributed by atoms with Gasteiger partial charge in [0, 0.05) is 0 Å². The second kappa shape index (κ2) is 3.02. The average Bonchev–Trinajstić information content (AvgIpc) is 2.62. The van der Waals surface area contributed by atoms with E-state index in [9.17, 15) is 0 Å². The van der Waals surface area contributed by atoms with Crippen LogP contribution in [0.4, 0.5) is 0 Å². The highest BCUT2D eigenvalue weighted by atomic mass is 79.9. The van der Waals surface area contributed by atoms with E-state index in [4.69, 9.17) is 0 Å². The van der Waals surface area contributed by atoms with Crippen molar-refractivity contribution in [2.24, 2.45) is 11.8 Å². The van der Waals surface area contributed by atoms with Crippen LogP contribution >= 0.6 is 31.9 Å². The maximum atomic E-state index is 3.70. The summed E-state index contributed by atoms with van der Waals surface area (Å²) in [5.74, 6) is 1.95. The van der Waals surface area contributed by atoms with Crippen LogP contribution in [-0.4, -0.2) is 3.23 Å². The fraction of sp³-hybridized carbons (Fsp3) is 1.00. The van der Waals surface area contributed by atoms with E-state index in [0.717, 1.165) is 11.8 Å². The molecule has 2 fully saturated rings. The topological polar surface area (TPSA) is 0 Å². The molecule has 2 aliphatic carbocycles. The SMILES string of the molecule is BrC1(Br)CC1C1CCCCC1. The molecule has 2 aliphatic rings. The molecule has 0 amide bonds. The average molecular weight is 282 g/mol. The molecule has 64 valence electrons. The summed E-state index contributed by atoms with van der Waals surface area (Å²) in [6, 6.07) is 0. The maximum Gasteiger partial charge on any atom is 0.0840 e. The predicted molar refractivity (Wildman–Crippen MR) is 55.3 cm³/mol. The van der Waals surface area contributed by atoms with Gasteiger partial charge in [0.25, 0.3) is 0 Å². The highest BCUT2D eigenvalue weighted by molar-refractivity contribution is 9.25. The molecular formula is C9H14Br2. The fourth-order valence-electron chi connectivity index (χ4n) is 2.28. The van der Waals surface area contributed by atoms with E-state index in [1.165, 1.54) is 38.5 Å². The van der Waals surface area contributed by atoms with Crippen LogP contribution in [0.2, 0.25) is 0 Å². The first-order chi connectivity index (χ1) is 5.20. The minimum absolute atomic E-state index is 0.349. The molecule has 0 radical (unpaired) electrons. The van der Waals surface area contributed by atoms with E-state index < -0.39 is 0 Å². The van der Waals surface area contributed by atoms with E-state index >= 15 is 0 Å². The molecule has 0 aromatic heterocycles. The molecule has 1 atom stereocenters. The zero-order valence-corrected chi connectivity index (χ0v) is 9.83. The highest BCUT2D eigenvalue weighted by Crippen LogP contribution is 2.61. The lowest BCUT2D eigenvalue weighted by molar-refractivity contribution is 0.322. The van der Waals surface area contributed by atoms with Gasteiger partial charge in [0.2, 0.25) is 0 Å². The molecule has 2 saturated carbocycles. The van der Waals surface area contributed by atoms with Crippen LogP contribution in [0, 0.1) is 11.8 Å². The third-order valence-electron chi connectivity index (χ3n) is 3.09. The lowest BCUT2D eigenvalue weighted by atomic mass is 9.86. The van der Waals surface area contributed by atoms with E-state index in [1.807, 2.05) is 0 Å². The third kappa shape index (κ3) is 1.82. The molecule has 0 saturated heterocycles. The molecule has 0 spiro atoms. The van der Waals surface area contributed by atoms with Crippen LogP contribution < -0.4 is 0 Å². The van der Waals surface area contributed by atoms with Crippen molar-refractivity contribution in [3.63, 3.8) is 0 Å². The van der Waals surface area contributed by atoms with Crippen molar-refractivity contribution in [2.45, 2.75) is 41.8 Å². The summed E-state index contributed by atoms with van der Waals surface area (Å²) < 4.78 is 0.349. The summed E-state index contributed by atoms with van der Waals surface area (Å²) in [4.78, 5) is 0. The zero-order valence-electron chi connectivity index (χ0n) is 6.65. The molecule has 0 nitrogen and oxygen atoms in total. The standard InChI is InChI=1S/C9H14Br2/c10-9(11)6-8(9)7-4-2-1-3-5-7/h7-8H,1-6H2. The zero-order chi connectivity index (χ0) is 7.90. The van der Waals surface area contributed by atoms with Gasteiger partial charge < -0.3 is 0 Å². The lowest BCUT2D eigenvalue weighted by Gasteiger charge is -2.21. The van der Waals surface area contributed by atoms with Gasteiger partial charge in [-0.3, -0.25) is 0 Å². The number of rotatable bonds is 1. The van der Waals surface area contributed by atoms with Crippen LogP contribution in [0.3, 0.4) is 0 Å². The van der Waals surface area contributed by atoms with Crippen LogP contribution in [0.5, 0.6) is 0 Å². The first-order valence-electron chi connectivity index (χ1n) is 4.58. The Balaban J connectivity index is 1.86. The maximum absolute atomic E-state index is 3.70. The molecule has 2 rings (SSSR count). The Kier molecular flexibility index (Phi) is 2.35. The molecule has 0 heterocycles. The summed E-state index contributed by atoms with van der Waals surface area (Å²) in [6.45, 7) is 0. The highest BCUT2D eigenvalue weighted by Gasteiger charge is 2.53. The van der Waals surface area contributed by atoms with Gasteiger partial charge in [0.15, 0.2) is 0 Å². The van der Waals surface area contributed by atoms with Gasteiger partial charge in [0.1, 0.15) is 0 Å². The van der Waals surface area contributed by atoms with Gasteiger partial charge in [0.05, 0.1) is 3.23 Å². The van der Waals surface area contributed by atoms with E-state index in [0.29, 0.717) is 3.23 Å². The third-order valence-corrected chi connectivity index (χ3v) is 4.92. The van der Waals surface area contributed by atoms with Gasteiger partial charge in [-0.1, -0.05) is 64.0 Å². The minimum atomic E-state index is 0.349. The van der Waals surface area contributed by atoms with E-state index in [1.54, 1.807) is 0 Å². The summed E-state index contributed by atoms with van der Waals surface area (Å²) in [7, 11) is 0. The van der Waals surface area contributed by atoms with Gasteiger partial charge in [-0.15, -0.1) is 0 Å². The Hall–Kier alpha value is 0.960. The fourth-order valence-corrected chi connectivity index (χ4v) is 3.73. The van der Waals surface area contributed by atoms with Crippen molar-refractivity contribution in [3.8, 4) is 0 Å². The Morgan fingerprint density at radius 2 is 1.55 bits per heavy atom. The number of hydrogen-bond acceptors (Lipinski definition) is 0. The summed E-state index contributed by atoms with van der Waals surface area (Å²) in [5.41, 5.74) is 0. The summed E-state index contributed by atoms with van der Waals surface area (Å²) in [5, 5.41) is 0. The molecule has 0 aromatic rings. The number of hydrogen-bond donors (Lipinski definition) is 0. The minimum Gasteiger partial charge on any atom is -0.0724 e. The van der Waals surface area contributed by atoms with Gasteiger partial charge >= 0.3 is 0 Å². The molecule has 1 unspecified atom stereocenters. The van der Waals surface area contributed by atoms with Crippen LogP contribution in [0.15, 0.2) is 0 Å². The van der Waals surface area contributed by atoms with Crippen LogP contribution in [-0.2, 0) is 0 Å². The van der Waals surface area contributed by atoms with Crippen LogP contribution in [0.1, 0.15) is 38.5 Å². The molecule has 11 heavy (non-hydrogen) atoms. The van der Waals surface area contributed by atoms with Crippen molar-refractivity contribution >= 4 is 31.9 Å². The van der Waals surface area contributed by atoms with Gasteiger partial charge in [-0.2, -0.15) is 0 Å². The molecular weight excluding hydrogens is 268 g/mol. The second-order valence-electron chi connectivity index (χ2n) is 3.97. The molecule has 0 aliphatic heterocycles. The smallest absolute Gasteiger partial charge is 0.0724 e. The first-order valence-corrected chi connectivity index (χ1v) is 6.16. The molecule has 0 bridgehead atoms. The summed E-state index contributed by atoms with van der Waals surface area (Å²) >= 11 is 7.41. The number of alkyl halides is 2. The Labute approximate surface area is 85.4 Å². The van der Waals surface area contributed by atoms with Crippen molar-refractivity contribution in [1.29, 1.82) is 0 Å². The van der Waals surface area contributed by atoms with Crippen LogP contribution in [0.25, 0.3) is 0 Å². The summed E-state index contributed by atoms with van der Waals surface area (Å²) in [6.07, 6.45) is 8.71. The van der Waals surface area contributed by atoms with E-state index in [2.05, 4.69) is 31.9 Å². The normalized spacial score (nSPS) is 37.1. The lowest BCUT2D eigenvalue weighted by Crippen LogP contribution is -2.11. The van der Waals surface area contributed by atoms with Gasteiger partial charge in [-0.05, 0) is 18.3 Å².